The quantitative estimate of drug-likeness (QED) is 0.581. The molecule has 4 nitrogen and oxygen atoms in total. The van der Waals surface area contributed by atoms with Gasteiger partial charge in [0.05, 0.1) is 18.8 Å². The fraction of sp³-hybridized carbons (Fsp3) is 1.00. The molecular weight excluding hydrogens is 251 g/mol. The van der Waals surface area contributed by atoms with Crippen LogP contribution >= 0.6 is 19.4 Å². The maximum atomic E-state index is 12.1. The summed E-state index contributed by atoms with van der Waals surface area (Å²) < 4.78 is 28.1. The van der Waals surface area contributed by atoms with E-state index in [1.807, 2.05) is 0 Å². The van der Waals surface area contributed by atoms with E-state index in [4.69, 9.17) is 25.2 Å². The van der Waals surface area contributed by atoms with Crippen LogP contribution in [0, 0.1) is 0 Å². The van der Waals surface area contributed by atoms with E-state index in [0.29, 0.717) is 18.9 Å². The predicted octanol–water partition coefficient (Wildman–Crippen LogP) is 3.49. The first-order valence-electron chi connectivity index (χ1n) is 5.89. The Kier molecular flexibility index (Phi) is 4.68. The Morgan fingerprint density at radius 3 is 2.69 bits per heavy atom. The van der Waals surface area contributed by atoms with Gasteiger partial charge in [-0.3, -0.25) is 13.6 Å². The average molecular weight is 269 g/mol. The molecule has 0 aromatic rings. The third-order valence-corrected chi connectivity index (χ3v) is 4.93. The highest BCUT2D eigenvalue weighted by Gasteiger charge is 2.37. The second-order valence-electron chi connectivity index (χ2n) is 4.32. The minimum atomic E-state index is -3.34. The van der Waals surface area contributed by atoms with Gasteiger partial charge in [0.1, 0.15) is 0 Å². The van der Waals surface area contributed by atoms with Gasteiger partial charge in [0.2, 0.25) is 0 Å². The van der Waals surface area contributed by atoms with E-state index in [1.54, 1.807) is 0 Å². The molecule has 94 valence electrons. The highest BCUT2D eigenvalue weighted by atomic mass is 35.5. The van der Waals surface area contributed by atoms with Gasteiger partial charge in [0.15, 0.2) is 0 Å². The van der Waals surface area contributed by atoms with Crippen molar-refractivity contribution >= 4 is 19.4 Å². The van der Waals surface area contributed by atoms with Crippen molar-refractivity contribution in [3.05, 3.63) is 0 Å². The molecule has 1 aliphatic heterocycles. The van der Waals surface area contributed by atoms with Gasteiger partial charge in [-0.2, -0.15) is 0 Å². The molecule has 0 N–H and O–H groups in total. The lowest BCUT2D eigenvalue weighted by Crippen LogP contribution is -2.25. The lowest BCUT2D eigenvalue weighted by atomic mass is 9.98. The Morgan fingerprint density at radius 2 is 2.00 bits per heavy atom. The fourth-order valence-electron chi connectivity index (χ4n) is 2.08. The molecule has 0 radical (unpaired) electrons. The van der Waals surface area contributed by atoms with E-state index in [1.165, 1.54) is 6.42 Å². The second kappa shape index (κ2) is 5.83. The van der Waals surface area contributed by atoms with E-state index in [2.05, 4.69) is 0 Å². The van der Waals surface area contributed by atoms with Crippen molar-refractivity contribution in [3.8, 4) is 0 Å². The van der Waals surface area contributed by atoms with Gasteiger partial charge in [0, 0.05) is 5.88 Å². The summed E-state index contributed by atoms with van der Waals surface area (Å²) in [6.45, 7) is 0.404. The molecule has 1 aliphatic carbocycles. The topological polar surface area (TPSA) is 44.8 Å². The van der Waals surface area contributed by atoms with Crippen LogP contribution in [0.3, 0.4) is 0 Å². The first-order valence-corrected chi connectivity index (χ1v) is 7.89. The van der Waals surface area contributed by atoms with E-state index in [9.17, 15) is 4.57 Å². The Bertz CT molecular complexity index is 268. The summed E-state index contributed by atoms with van der Waals surface area (Å²) in [6, 6.07) is 0. The first-order chi connectivity index (χ1) is 7.72. The van der Waals surface area contributed by atoms with Crippen LogP contribution < -0.4 is 0 Å². The maximum Gasteiger partial charge on any atom is 0.475 e. The molecule has 2 aliphatic rings. The maximum absolute atomic E-state index is 12.1. The predicted molar refractivity (Wildman–Crippen MR) is 61.7 cm³/mol. The van der Waals surface area contributed by atoms with E-state index in [0.717, 1.165) is 25.7 Å². The van der Waals surface area contributed by atoms with Gasteiger partial charge in [-0.15, -0.1) is 11.6 Å². The van der Waals surface area contributed by atoms with Crippen molar-refractivity contribution in [3.63, 3.8) is 0 Å². The summed E-state index contributed by atoms with van der Waals surface area (Å²) in [7, 11) is -3.34. The minimum Gasteiger partial charge on any atom is -0.287 e. The molecule has 1 heterocycles. The molecular formula is C10H18ClO4P. The van der Waals surface area contributed by atoms with Crippen molar-refractivity contribution in [1.82, 2.24) is 0 Å². The van der Waals surface area contributed by atoms with Crippen molar-refractivity contribution < 1.29 is 18.1 Å². The minimum absolute atomic E-state index is 0.0219. The van der Waals surface area contributed by atoms with E-state index >= 15 is 0 Å². The zero-order chi connectivity index (χ0) is 11.4. The van der Waals surface area contributed by atoms with Gasteiger partial charge in [-0.25, -0.2) is 4.57 Å². The number of alkyl halides is 1. The van der Waals surface area contributed by atoms with Crippen LogP contribution in [0.1, 0.15) is 38.5 Å². The number of halogens is 1. The van der Waals surface area contributed by atoms with Crippen molar-refractivity contribution in [2.24, 2.45) is 0 Å². The molecule has 6 heteroatoms. The number of phosphoric ester groups is 1. The number of phosphoric acid groups is 1. The molecule has 0 aromatic heterocycles. The van der Waals surface area contributed by atoms with Crippen LogP contribution in [0.5, 0.6) is 0 Å². The summed E-state index contributed by atoms with van der Waals surface area (Å²) in [5.74, 6) is 0.335. The van der Waals surface area contributed by atoms with Crippen LogP contribution in [0.25, 0.3) is 0 Å². The summed E-state index contributed by atoms with van der Waals surface area (Å²) in [6.07, 6.45) is 5.88. The molecule has 0 amide bonds. The van der Waals surface area contributed by atoms with E-state index < -0.39 is 7.82 Å². The van der Waals surface area contributed by atoms with Gasteiger partial charge in [-0.05, 0) is 19.3 Å². The normalized spacial score (nSPS) is 37.4. The molecule has 1 saturated carbocycles. The molecule has 16 heavy (non-hydrogen) atoms. The number of hydrogen-bond acceptors (Lipinski definition) is 4. The lowest BCUT2D eigenvalue weighted by Gasteiger charge is -2.31. The Balaban J connectivity index is 1.88. The molecule has 2 rings (SSSR count). The zero-order valence-corrected chi connectivity index (χ0v) is 10.9. The molecule has 0 spiro atoms. The summed E-state index contributed by atoms with van der Waals surface area (Å²) in [5, 5.41) is 0. The van der Waals surface area contributed by atoms with Crippen LogP contribution in [-0.2, 0) is 18.1 Å². The lowest BCUT2D eigenvalue weighted by molar-refractivity contribution is 0.0113. The second-order valence-corrected chi connectivity index (χ2v) is 6.20. The van der Waals surface area contributed by atoms with Crippen LogP contribution in [0.4, 0.5) is 0 Å². The van der Waals surface area contributed by atoms with Gasteiger partial charge < -0.3 is 0 Å². The molecule has 0 bridgehead atoms. The number of hydrogen-bond donors (Lipinski definition) is 0. The third kappa shape index (κ3) is 3.44. The van der Waals surface area contributed by atoms with Gasteiger partial charge in [-0.1, -0.05) is 19.3 Å². The fourth-order valence-corrected chi connectivity index (χ4v) is 4.00. The summed E-state index contributed by atoms with van der Waals surface area (Å²) in [4.78, 5) is 0. The smallest absolute Gasteiger partial charge is 0.287 e. The molecule has 2 atom stereocenters. The Morgan fingerprint density at radius 1 is 1.25 bits per heavy atom. The summed E-state index contributed by atoms with van der Waals surface area (Å²) >= 11 is 5.69. The monoisotopic (exact) mass is 268 g/mol. The first kappa shape index (κ1) is 12.8. The average Bonchev–Trinajstić information content (AvgIpc) is 2.29. The Labute approximate surface area is 101 Å². The zero-order valence-electron chi connectivity index (χ0n) is 9.27. The summed E-state index contributed by atoms with van der Waals surface area (Å²) in [5.41, 5.74) is 0. The largest absolute Gasteiger partial charge is 0.475 e. The molecule has 2 unspecified atom stereocenters. The number of rotatable bonds is 3. The van der Waals surface area contributed by atoms with Gasteiger partial charge in [0.25, 0.3) is 0 Å². The highest BCUT2D eigenvalue weighted by Crippen LogP contribution is 2.55. The molecule has 0 aromatic carbocycles. The van der Waals surface area contributed by atoms with Crippen molar-refractivity contribution in [1.29, 1.82) is 0 Å². The van der Waals surface area contributed by atoms with Crippen LogP contribution in [0.15, 0.2) is 0 Å². The standard InChI is InChI=1S/C10H18ClO4P/c11-8-10-6-7-13-16(12,15-10)14-9-4-2-1-3-5-9/h9-10H,1-8H2. The van der Waals surface area contributed by atoms with Crippen molar-refractivity contribution in [2.45, 2.75) is 50.7 Å². The van der Waals surface area contributed by atoms with Crippen LogP contribution in [-0.4, -0.2) is 24.7 Å². The van der Waals surface area contributed by atoms with Gasteiger partial charge >= 0.3 is 7.82 Å². The van der Waals surface area contributed by atoms with E-state index in [-0.39, 0.29) is 12.2 Å². The Hall–Kier alpha value is 0.400. The molecule has 2 fully saturated rings. The van der Waals surface area contributed by atoms with Crippen LogP contribution in [0.2, 0.25) is 0 Å². The highest BCUT2D eigenvalue weighted by molar-refractivity contribution is 7.48. The third-order valence-electron chi connectivity index (χ3n) is 2.97. The SMILES string of the molecule is O=P1(OC2CCCCC2)OCCC(CCl)O1. The van der Waals surface area contributed by atoms with Crippen molar-refractivity contribution in [2.75, 3.05) is 12.5 Å². The molecule has 1 saturated heterocycles.